The number of rotatable bonds is 0. The summed E-state index contributed by atoms with van der Waals surface area (Å²) in [5.41, 5.74) is 16.2. The number of nitrogen functional groups attached to an aromatic ring is 2. The van der Waals surface area contributed by atoms with Crippen LogP contribution in [0.1, 0.15) is 25.0 Å². The Morgan fingerprint density at radius 2 is 1.33 bits per heavy atom. The monoisotopic (exact) mass is 368 g/mol. The van der Waals surface area contributed by atoms with Gasteiger partial charge in [0.1, 0.15) is 11.3 Å². The first kappa shape index (κ1) is 20.1. The van der Waals surface area contributed by atoms with Gasteiger partial charge in [0.25, 0.3) is 0 Å². The maximum absolute atomic E-state index is 9.54. The van der Waals surface area contributed by atoms with Gasteiger partial charge in [-0.15, -0.1) is 0 Å². The van der Waals surface area contributed by atoms with Gasteiger partial charge in [0.15, 0.2) is 0 Å². The summed E-state index contributed by atoms with van der Waals surface area (Å²) in [6, 6.07) is 5.75. The highest BCUT2D eigenvalue weighted by Gasteiger charge is 2.09. The molecule has 7 nitrogen and oxygen atoms in total. The lowest BCUT2D eigenvalue weighted by Crippen LogP contribution is -1.89. The molecule has 0 radical (unpaired) electrons. The number of fused-ring (bicyclic) bond motifs is 2. The fourth-order valence-corrected chi connectivity index (χ4v) is 2.91. The van der Waals surface area contributed by atoms with E-state index in [-0.39, 0.29) is 5.75 Å². The van der Waals surface area contributed by atoms with E-state index in [2.05, 4.69) is 16.3 Å². The molecule has 4 aromatic rings. The van der Waals surface area contributed by atoms with E-state index in [0.29, 0.717) is 5.69 Å². The van der Waals surface area contributed by atoms with E-state index < -0.39 is 0 Å². The number of nitrogens with two attached hydrogens (primary N) is 2. The molecule has 0 unspecified atom stereocenters. The first-order chi connectivity index (χ1) is 12.8. The Kier molecular flexibility index (Phi) is 5.95. The molecule has 0 saturated heterocycles. The van der Waals surface area contributed by atoms with E-state index in [1.807, 2.05) is 53.3 Å². The summed E-state index contributed by atoms with van der Waals surface area (Å²) in [6.45, 7) is 7.84. The van der Waals surface area contributed by atoms with Crippen molar-refractivity contribution in [2.45, 2.75) is 27.7 Å². The Balaban J connectivity index is 0.000000178. The van der Waals surface area contributed by atoms with E-state index in [9.17, 15) is 5.11 Å². The lowest BCUT2D eigenvalue weighted by molar-refractivity contribution is 0.474. The number of aromatic hydroxyl groups is 1. The van der Waals surface area contributed by atoms with Crippen molar-refractivity contribution in [2.24, 2.45) is 14.1 Å². The molecular formula is C20H28N6O. The Morgan fingerprint density at radius 3 is 1.93 bits per heavy atom. The molecule has 0 bridgehead atoms. The Hall–Kier alpha value is -3.22. The predicted octanol–water partition coefficient (Wildman–Crippen LogP) is 3.66. The van der Waals surface area contributed by atoms with E-state index in [0.717, 1.165) is 33.1 Å². The molecule has 0 aliphatic rings. The number of phenols is 1. The van der Waals surface area contributed by atoms with Crippen molar-refractivity contribution in [3.05, 3.63) is 41.7 Å². The lowest BCUT2D eigenvalue weighted by Gasteiger charge is -2.02. The van der Waals surface area contributed by atoms with Crippen molar-refractivity contribution in [3.8, 4) is 5.75 Å². The SMILES string of the molecule is CC.Cc1c(O)c(N)cc2cn(C)nc12.Cc1cc(N)c2nn(C)cc2c1. The van der Waals surface area contributed by atoms with Crippen molar-refractivity contribution in [2.75, 3.05) is 11.5 Å². The molecule has 27 heavy (non-hydrogen) atoms. The average molecular weight is 368 g/mol. The third-order valence-electron chi connectivity index (χ3n) is 4.05. The molecule has 0 aliphatic heterocycles. The number of benzene rings is 2. The second kappa shape index (κ2) is 7.99. The zero-order chi connectivity index (χ0) is 20.3. The highest BCUT2D eigenvalue weighted by Crippen LogP contribution is 2.31. The molecular weight excluding hydrogens is 340 g/mol. The molecule has 0 spiro atoms. The van der Waals surface area contributed by atoms with E-state index in [4.69, 9.17) is 11.5 Å². The normalized spacial score (nSPS) is 10.3. The summed E-state index contributed by atoms with van der Waals surface area (Å²) in [5.74, 6) is 0.131. The summed E-state index contributed by atoms with van der Waals surface area (Å²) < 4.78 is 3.48. The molecule has 7 heteroatoms. The number of aromatic nitrogens is 4. The van der Waals surface area contributed by atoms with E-state index in [1.165, 1.54) is 5.56 Å². The molecule has 2 aromatic carbocycles. The molecule has 5 N–H and O–H groups in total. The number of anilines is 2. The molecule has 4 rings (SSSR count). The van der Waals surface area contributed by atoms with Crippen molar-refractivity contribution < 1.29 is 5.11 Å². The smallest absolute Gasteiger partial charge is 0.143 e. The fourth-order valence-electron chi connectivity index (χ4n) is 2.91. The second-order valence-corrected chi connectivity index (χ2v) is 6.27. The molecule has 0 saturated carbocycles. The van der Waals surface area contributed by atoms with Gasteiger partial charge in [0.2, 0.25) is 0 Å². The number of phenolic OH excluding ortho intramolecular Hbond substituents is 1. The standard InChI is InChI=1S/C9H11N3O.C9H11N3.C2H6/c1-5-8-6(4-12(2)11-8)3-7(10)9(5)13;1-6-3-7-5-12(2)11-9(7)8(10)4-6;1-2/h3-4,13H,10H2,1-2H3;3-5H,10H2,1-2H3;1-2H3. The zero-order valence-electron chi connectivity index (χ0n) is 16.8. The molecule has 0 atom stereocenters. The number of nitrogens with zero attached hydrogens (tertiary/aromatic N) is 4. The quantitative estimate of drug-likeness (QED) is 0.324. The van der Waals surface area contributed by atoms with Gasteiger partial charge in [-0.3, -0.25) is 9.36 Å². The van der Waals surface area contributed by atoms with Crippen LogP contribution >= 0.6 is 0 Å². The highest BCUT2D eigenvalue weighted by atomic mass is 16.3. The average Bonchev–Trinajstić information content (AvgIpc) is 3.17. The van der Waals surface area contributed by atoms with Crippen LogP contribution in [0.3, 0.4) is 0 Å². The van der Waals surface area contributed by atoms with Crippen molar-refractivity contribution in [3.63, 3.8) is 0 Å². The Labute approximate surface area is 159 Å². The minimum absolute atomic E-state index is 0.131. The number of hydrogen-bond donors (Lipinski definition) is 3. The largest absolute Gasteiger partial charge is 0.505 e. The minimum atomic E-state index is 0.131. The predicted molar refractivity (Wildman–Crippen MR) is 113 cm³/mol. The van der Waals surface area contributed by atoms with Gasteiger partial charge in [-0.1, -0.05) is 13.8 Å². The van der Waals surface area contributed by atoms with Gasteiger partial charge in [-0.2, -0.15) is 10.2 Å². The van der Waals surface area contributed by atoms with Crippen LogP contribution in [0.5, 0.6) is 5.75 Å². The minimum Gasteiger partial charge on any atom is -0.505 e. The van der Waals surface area contributed by atoms with Gasteiger partial charge in [0.05, 0.1) is 16.9 Å². The van der Waals surface area contributed by atoms with Crippen molar-refractivity contribution in [1.29, 1.82) is 0 Å². The van der Waals surface area contributed by atoms with Crippen molar-refractivity contribution in [1.82, 2.24) is 19.6 Å². The maximum Gasteiger partial charge on any atom is 0.143 e. The number of hydrogen-bond acceptors (Lipinski definition) is 5. The maximum atomic E-state index is 9.54. The van der Waals surface area contributed by atoms with Crippen LogP contribution in [0.25, 0.3) is 21.8 Å². The van der Waals surface area contributed by atoms with Gasteiger partial charge < -0.3 is 16.6 Å². The van der Waals surface area contributed by atoms with Crippen LogP contribution in [-0.2, 0) is 14.1 Å². The van der Waals surface area contributed by atoms with Crippen LogP contribution in [0.2, 0.25) is 0 Å². The summed E-state index contributed by atoms with van der Waals surface area (Å²) in [7, 11) is 3.74. The van der Waals surface area contributed by atoms with Gasteiger partial charge in [-0.25, -0.2) is 0 Å². The topological polar surface area (TPSA) is 108 Å². The second-order valence-electron chi connectivity index (χ2n) is 6.27. The van der Waals surface area contributed by atoms with Gasteiger partial charge in [0, 0.05) is 42.8 Å². The molecule has 0 aliphatic carbocycles. The summed E-state index contributed by atoms with van der Waals surface area (Å²) >= 11 is 0. The highest BCUT2D eigenvalue weighted by molar-refractivity contribution is 5.90. The zero-order valence-corrected chi connectivity index (χ0v) is 16.8. The lowest BCUT2D eigenvalue weighted by atomic mass is 10.1. The Morgan fingerprint density at radius 1 is 0.815 bits per heavy atom. The van der Waals surface area contributed by atoms with Gasteiger partial charge >= 0.3 is 0 Å². The molecule has 2 heterocycles. The fraction of sp³-hybridized carbons (Fsp3) is 0.300. The Bertz CT molecular complexity index is 1080. The first-order valence-electron chi connectivity index (χ1n) is 8.87. The molecule has 144 valence electrons. The first-order valence-corrected chi connectivity index (χ1v) is 8.87. The summed E-state index contributed by atoms with van der Waals surface area (Å²) in [5, 5.41) is 20.1. The third-order valence-corrected chi connectivity index (χ3v) is 4.05. The van der Waals surface area contributed by atoms with Crippen LogP contribution in [-0.4, -0.2) is 24.7 Å². The summed E-state index contributed by atoms with van der Waals surface area (Å²) in [4.78, 5) is 0. The third kappa shape index (κ3) is 4.13. The van der Waals surface area contributed by atoms with Crippen LogP contribution in [0.15, 0.2) is 30.6 Å². The molecule has 0 fully saturated rings. The van der Waals surface area contributed by atoms with Gasteiger partial charge in [-0.05, 0) is 37.6 Å². The van der Waals surface area contributed by atoms with Crippen LogP contribution < -0.4 is 11.5 Å². The molecule has 0 amide bonds. The van der Waals surface area contributed by atoms with E-state index in [1.54, 1.807) is 22.4 Å². The summed E-state index contributed by atoms with van der Waals surface area (Å²) in [6.07, 6.45) is 3.84. The molecule has 2 aromatic heterocycles. The number of aryl methyl sites for hydroxylation is 4. The van der Waals surface area contributed by atoms with E-state index >= 15 is 0 Å². The van der Waals surface area contributed by atoms with Crippen LogP contribution in [0, 0.1) is 13.8 Å². The van der Waals surface area contributed by atoms with Crippen molar-refractivity contribution >= 4 is 33.2 Å². The van der Waals surface area contributed by atoms with Crippen LogP contribution in [0.4, 0.5) is 11.4 Å².